The van der Waals surface area contributed by atoms with E-state index < -0.39 is 11.7 Å². The third-order valence-electron chi connectivity index (χ3n) is 5.75. The van der Waals surface area contributed by atoms with Crippen molar-refractivity contribution in [2.75, 3.05) is 23.8 Å². The van der Waals surface area contributed by atoms with Gasteiger partial charge >= 0.3 is 12.2 Å². The minimum Gasteiger partial charge on any atom is -0.346 e. The van der Waals surface area contributed by atoms with Crippen LogP contribution in [0.4, 0.5) is 29.9 Å². The van der Waals surface area contributed by atoms with Crippen LogP contribution in [0.25, 0.3) is 5.69 Å². The second-order valence-corrected chi connectivity index (χ2v) is 8.57. The maximum atomic E-state index is 12.8. The fraction of sp³-hybridized carbons (Fsp3) is 0.409. The number of aromatic nitrogens is 5. The molecule has 12 heteroatoms. The van der Waals surface area contributed by atoms with Crippen molar-refractivity contribution in [3.05, 3.63) is 54.4 Å². The molecule has 2 atom stereocenters. The molecular formula is C22H25F3N8O. The molecule has 1 aromatic carbocycles. The van der Waals surface area contributed by atoms with E-state index in [2.05, 4.69) is 25.3 Å². The van der Waals surface area contributed by atoms with Gasteiger partial charge in [-0.05, 0) is 37.1 Å². The molecule has 34 heavy (non-hydrogen) atoms. The van der Waals surface area contributed by atoms with E-state index in [1.54, 1.807) is 27.6 Å². The molecule has 0 saturated carbocycles. The summed E-state index contributed by atoms with van der Waals surface area (Å²) in [4.78, 5) is 33.0. The number of hydrogen-bond donors (Lipinski definition) is 1. The van der Waals surface area contributed by atoms with Crippen LogP contribution in [0, 0.1) is 5.92 Å². The summed E-state index contributed by atoms with van der Waals surface area (Å²) in [5, 5.41) is 3.15. The summed E-state index contributed by atoms with van der Waals surface area (Å²) >= 11 is 0. The Morgan fingerprint density at radius 3 is 2.44 bits per heavy atom. The predicted octanol–water partition coefficient (Wildman–Crippen LogP) is 4.15. The molecule has 2 amide bonds. The standard InChI is InChI=1S/C22H25F3N8O/c1-13(2)18-10-31(4)21(34)33(18)20-27-11-26-19(30-20)29-14(3)17-9-32(12-28-17)16-7-5-15(6-8-16)22(23,24)25/h5-9,11-14,18H,10H2,1-4H3,(H,26,27,29,30)/t14-,18?/m0/s1. The van der Waals surface area contributed by atoms with Gasteiger partial charge in [0.25, 0.3) is 0 Å². The fourth-order valence-electron chi connectivity index (χ4n) is 3.78. The average Bonchev–Trinajstić information content (AvgIpc) is 3.39. The van der Waals surface area contributed by atoms with E-state index >= 15 is 0 Å². The highest BCUT2D eigenvalue weighted by Gasteiger charge is 2.39. The molecule has 4 rings (SSSR count). The molecule has 1 fully saturated rings. The number of nitrogens with one attached hydrogen (secondary N) is 1. The summed E-state index contributed by atoms with van der Waals surface area (Å²) in [5.74, 6) is 0.773. The van der Waals surface area contributed by atoms with Crippen molar-refractivity contribution in [3.8, 4) is 5.69 Å². The van der Waals surface area contributed by atoms with Gasteiger partial charge in [0.05, 0.1) is 29.7 Å². The lowest BCUT2D eigenvalue weighted by Crippen LogP contribution is -2.39. The third-order valence-corrected chi connectivity index (χ3v) is 5.75. The zero-order valence-corrected chi connectivity index (χ0v) is 19.2. The van der Waals surface area contributed by atoms with E-state index in [4.69, 9.17) is 0 Å². The maximum Gasteiger partial charge on any atom is 0.416 e. The van der Waals surface area contributed by atoms with Gasteiger partial charge in [0.15, 0.2) is 0 Å². The van der Waals surface area contributed by atoms with Crippen LogP contribution >= 0.6 is 0 Å². The number of benzene rings is 1. The molecule has 1 saturated heterocycles. The van der Waals surface area contributed by atoms with E-state index in [1.165, 1.54) is 24.8 Å². The van der Waals surface area contributed by atoms with Gasteiger partial charge in [-0.2, -0.15) is 18.2 Å². The number of rotatable bonds is 6. The lowest BCUT2D eigenvalue weighted by Gasteiger charge is -2.24. The van der Waals surface area contributed by atoms with Gasteiger partial charge in [0.2, 0.25) is 11.9 Å². The van der Waals surface area contributed by atoms with Gasteiger partial charge < -0.3 is 14.8 Å². The third kappa shape index (κ3) is 4.66. The second-order valence-electron chi connectivity index (χ2n) is 8.57. The Hall–Kier alpha value is -3.70. The Morgan fingerprint density at radius 1 is 1.09 bits per heavy atom. The average molecular weight is 474 g/mol. The molecule has 0 spiro atoms. The van der Waals surface area contributed by atoms with Gasteiger partial charge in [-0.3, -0.25) is 4.90 Å². The SMILES string of the molecule is CC(C)C1CN(C)C(=O)N1c1ncnc(N[C@@H](C)c2cn(-c3ccc(C(F)(F)F)cc3)cn2)n1. The summed E-state index contributed by atoms with van der Waals surface area (Å²) in [6, 6.07) is 4.31. The van der Waals surface area contributed by atoms with E-state index in [-0.39, 0.29) is 35.9 Å². The lowest BCUT2D eigenvalue weighted by molar-refractivity contribution is -0.137. The minimum atomic E-state index is -4.38. The number of likely N-dealkylation sites (N-methyl/N-ethyl adjacent to an activating group) is 1. The first kappa shape index (κ1) is 23.5. The normalized spacial score (nSPS) is 17.5. The van der Waals surface area contributed by atoms with Gasteiger partial charge in [0, 0.05) is 25.5 Å². The van der Waals surface area contributed by atoms with Crippen LogP contribution in [-0.2, 0) is 6.18 Å². The molecular weight excluding hydrogens is 449 g/mol. The first-order chi connectivity index (χ1) is 16.0. The van der Waals surface area contributed by atoms with Crippen LogP contribution in [0.15, 0.2) is 43.1 Å². The van der Waals surface area contributed by atoms with Crippen LogP contribution < -0.4 is 10.2 Å². The Labute approximate surface area is 194 Å². The summed E-state index contributed by atoms with van der Waals surface area (Å²) in [7, 11) is 1.74. The van der Waals surface area contributed by atoms with Crippen LogP contribution in [0.2, 0.25) is 0 Å². The molecule has 0 radical (unpaired) electrons. The number of anilines is 2. The smallest absolute Gasteiger partial charge is 0.346 e. The Kier molecular flexibility index (Phi) is 6.15. The number of alkyl halides is 3. The van der Waals surface area contributed by atoms with Crippen molar-refractivity contribution in [1.29, 1.82) is 0 Å². The van der Waals surface area contributed by atoms with Crippen LogP contribution in [0.1, 0.15) is 38.1 Å². The number of nitrogens with zero attached hydrogens (tertiary/aromatic N) is 7. The quantitative estimate of drug-likeness (QED) is 0.577. The number of hydrogen-bond acceptors (Lipinski definition) is 6. The maximum absolute atomic E-state index is 12.8. The van der Waals surface area contributed by atoms with Crippen LogP contribution in [-0.4, -0.2) is 55.1 Å². The highest BCUT2D eigenvalue weighted by molar-refractivity contribution is 5.93. The molecule has 1 aliphatic heterocycles. The van der Waals surface area contributed by atoms with E-state index in [9.17, 15) is 18.0 Å². The van der Waals surface area contributed by atoms with Crippen molar-refractivity contribution in [2.45, 2.75) is 39.0 Å². The number of amides is 2. The van der Waals surface area contributed by atoms with E-state index in [0.29, 0.717) is 17.9 Å². The van der Waals surface area contributed by atoms with Crippen molar-refractivity contribution >= 4 is 17.9 Å². The molecule has 1 N–H and O–H groups in total. The van der Waals surface area contributed by atoms with E-state index in [1.807, 2.05) is 20.8 Å². The molecule has 9 nitrogen and oxygen atoms in total. The first-order valence-corrected chi connectivity index (χ1v) is 10.8. The van der Waals surface area contributed by atoms with Gasteiger partial charge in [-0.25, -0.2) is 19.7 Å². The Bertz CT molecular complexity index is 1160. The number of imidazole rings is 1. The molecule has 180 valence electrons. The number of halogens is 3. The van der Waals surface area contributed by atoms with Gasteiger partial charge in [0.1, 0.15) is 6.33 Å². The Balaban J connectivity index is 1.49. The predicted molar refractivity (Wildman–Crippen MR) is 120 cm³/mol. The summed E-state index contributed by atoms with van der Waals surface area (Å²) in [6.45, 7) is 6.52. The molecule has 2 aromatic heterocycles. The number of urea groups is 1. The van der Waals surface area contributed by atoms with E-state index in [0.717, 1.165) is 12.1 Å². The topological polar surface area (TPSA) is 92.1 Å². The Morgan fingerprint density at radius 2 is 1.79 bits per heavy atom. The van der Waals surface area contributed by atoms with Crippen molar-refractivity contribution < 1.29 is 18.0 Å². The monoisotopic (exact) mass is 474 g/mol. The van der Waals surface area contributed by atoms with Crippen molar-refractivity contribution in [3.63, 3.8) is 0 Å². The van der Waals surface area contributed by atoms with Gasteiger partial charge in [-0.15, -0.1) is 0 Å². The second kappa shape index (κ2) is 8.92. The number of carbonyl (C=O) groups excluding carboxylic acids is 1. The zero-order chi connectivity index (χ0) is 24.6. The van der Waals surface area contributed by atoms with Crippen molar-refractivity contribution in [1.82, 2.24) is 29.4 Å². The summed E-state index contributed by atoms with van der Waals surface area (Å²) < 4.78 is 40.0. The molecule has 3 aromatic rings. The zero-order valence-electron chi connectivity index (χ0n) is 19.2. The fourth-order valence-corrected chi connectivity index (χ4v) is 3.78. The minimum absolute atomic E-state index is 0.0513. The number of carbonyl (C=O) groups is 1. The van der Waals surface area contributed by atoms with Crippen LogP contribution in [0.5, 0.6) is 0 Å². The molecule has 1 unspecified atom stereocenters. The molecule has 0 bridgehead atoms. The highest BCUT2D eigenvalue weighted by Crippen LogP contribution is 2.30. The molecule has 3 heterocycles. The largest absolute Gasteiger partial charge is 0.416 e. The van der Waals surface area contributed by atoms with Gasteiger partial charge in [-0.1, -0.05) is 13.8 Å². The lowest BCUT2D eigenvalue weighted by atomic mass is 10.0. The van der Waals surface area contributed by atoms with Crippen molar-refractivity contribution in [2.24, 2.45) is 5.92 Å². The highest BCUT2D eigenvalue weighted by atomic mass is 19.4. The first-order valence-electron chi connectivity index (χ1n) is 10.8. The van der Waals surface area contributed by atoms with Crippen LogP contribution in [0.3, 0.4) is 0 Å². The molecule has 0 aliphatic carbocycles. The summed E-state index contributed by atoms with van der Waals surface area (Å²) in [6.07, 6.45) is 0.211. The summed E-state index contributed by atoms with van der Waals surface area (Å²) in [5.41, 5.74) is 0.483. The molecule has 1 aliphatic rings.